The molecule has 0 bridgehead atoms. The van der Waals surface area contributed by atoms with Crippen molar-refractivity contribution < 1.29 is 8.78 Å². The van der Waals surface area contributed by atoms with E-state index in [0.29, 0.717) is 42.7 Å². The zero-order chi connectivity index (χ0) is 24.8. The third-order valence-corrected chi connectivity index (χ3v) is 6.37. The van der Waals surface area contributed by atoms with Gasteiger partial charge in [0.15, 0.2) is 17.3 Å². The van der Waals surface area contributed by atoms with Gasteiger partial charge in [0.05, 0.1) is 10.7 Å². The molecule has 0 unspecified atom stereocenters. The number of piperazine rings is 1. The Hall–Kier alpha value is -4.09. The van der Waals surface area contributed by atoms with Crippen LogP contribution >= 0.6 is 11.6 Å². The fourth-order valence-corrected chi connectivity index (χ4v) is 4.63. The average Bonchev–Trinajstić information content (AvgIpc) is 3.35. The molecule has 0 amide bonds. The van der Waals surface area contributed by atoms with Crippen LogP contribution in [0.15, 0.2) is 59.8 Å². The largest absolute Gasteiger partial charge is 0.364 e. The van der Waals surface area contributed by atoms with Gasteiger partial charge in [-0.3, -0.25) is 9.20 Å². The number of para-hydroxylation sites is 1. The third kappa shape index (κ3) is 3.73. The second kappa shape index (κ2) is 8.85. The van der Waals surface area contributed by atoms with Crippen molar-refractivity contribution in [3.63, 3.8) is 0 Å². The molecule has 36 heavy (non-hydrogen) atoms. The van der Waals surface area contributed by atoms with Crippen LogP contribution in [-0.4, -0.2) is 50.1 Å². The molecular formula is C24H19ClF2N8O. The monoisotopic (exact) mass is 508 g/mol. The first-order valence-corrected chi connectivity index (χ1v) is 11.6. The van der Waals surface area contributed by atoms with Crippen LogP contribution < -0.4 is 21.1 Å². The van der Waals surface area contributed by atoms with Gasteiger partial charge in [0, 0.05) is 50.5 Å². The summed E-state index contributed by atoms with van der Waals surface area (Å²) in [4.78, 5) is 28.0. The van der Waals surface area contributed by atoms with Crippen LogP contribution in [0.4, 0.5) is 26.1 Å². The first-order valence-electron chi connectivity index (χ1n) is 11.2. The summed E-state index contributed by atoms with van der Waals surface area (Å²) >= 11 is 6.35. The number of hydrogen-bond donors (Lipinski definition) is 2. The van der Waals surface area contributed by atoms with E-state index in [9.17, 15) is 13.6 Å². The lowest BCUT2D eigenvalue weighted by Gasteiger charge is -2.30. The molecule has 4 heterocycles. The molecule has 0 spiro atoms. The van der Waals surface area contributed by atoms with Gasteiger partial charge in [0.25, 0.3) is 5.56 Å². The molecule has 12 heteroatoms. The van der Waals surface area contributed by atoms with Gasteiger partial charge in [-0.1, -0.05) is 23.7 Å². The molecule has 0 saturated carbocycles. The summed E-state index contributed by atoms with van der Waals surface area (Å²) in [6.45, 7) is 2.34. The molecule has 2 N–H and O–H groups in total. The lowest BCUT2D eigenvalue weighted by Crippen LogP contribution is -2.44. The van der Waals surface area contributed by atoms with Gasteiger partial charge in [-0.25, -0.2) is 23.3 Å². The molecule has 3 aromatic heterocycles. The van der Waals surface area contributed by atoms with Crippen LogP contribution in [0, 0.1) is 11.6 Å². The summed E-state index contributed by atoms with van der Waals surface area (Å²) < 4.78 is 32.7. The predicted octanol–water partition coefficient (Wildman–Crippen LogP) is 3.51. The van der Waals surface area contributed by atoms with Crippen LogP contribution in [0.5, 0.6) is 0 Å². The van der Waals surface area contributed by atoms with Crippen LogP contribution in [0.1, 0.15) is 0 Å². The van der Waals surface area contributed by atoms with Gasteiger partial charge in [-0.2, -0.15) is 4.98 Å². The van der Waals surface area contributed by atoms with Crippen molar-refractivity contribution >= 4 is 45.7 Å². The maximum absolute atomic E-state index is 14.9. The Morgan fingerprint density at radius 3 is 2.56 bits per heavy atom. The fraction of sp³-hybridized carbons (Fsp3) is 0.167. The number of halogens is 3. The average molecular weight is 509 g/mol. The first-order chi connectivity index (χ1) is 17.5. The second-order valence-electron chi connectivity index (χ2n) is 8.27. The number of aromatic nitrogens is 5. The number of imidazole rings is 1. The van der Waals surface area contributed by atoms with Gasteiger partial charge in [-0.15, -0.1) is 0 Å². The standard InChI is InChI=1S/C24H19ClF2N8O/c25-16-3-1-2-4-19(16)35-22(36)15-13-30-23(32-21(15)34-10-7-29-24(34)35)31-14-11-17(26)20(18(27)12-14)33-8-5-28-6-9-33/h1-4,7,10-13,28H,5-6,8-9H2,(H,30,31,32). The smallest absolute Gasteiger partial charge is 0.270 e. The van der Waals surface area contributed by atoms with E-state index in [1.54, 1.807) is 39.8 Å². The third-order valence-electron chi connectivity index (χ3n) is 6.05. The van der Waals surface area contributed by atoms with Crippen LogP contribution in [0.2, 0.25) is 5.02 Å². The van der Waals surface area contributed by atoms with Crippen molar-refractivity contribution in [1.29, 1.82) is 0 Å². The first kappa shape index (κ1) is 22.4. The minimum Gasteiger partial charge on any atom is -0.364 e. The molecule has 5 aromatic rings. The minimum absolute atomic E-state index is 0.0540. The number of fused-ring (bicyclic) bond motifs is 3. The summed E-state index contributed by atoms with van der Waals surface area (Å²) in [5.41, 5.74) is 0.448. The molecule has 1 aliphatic rings. The quantitative estimate of drug-likeness (QED) is 0.384. The molecule has 1 aliphatic heterocycles. The van der Waals surface area contributed by atoms with Crippen molar-refractivity contribution in [2.45, 2.75) is 0 Å². The Morgan fingerprint density at radius 1 is 1.06 bits per heavy atom. The Bertz CT molecular complexity index is 1660. The van der Waals surface area contributed by atoms with Gasteiger partial charge in [-0.05, 0) is 24.3 Å². The molecular weight excluding hydrogens is 490 g/mol. The summed E-state index contributed by atoms with van der Waals surface area (Å²) in [5.74, 6) is -0.983. The molecule has 9 nitrogen and oxygen atoms in total. The molecule has 1 fully saturated rings. The fourth-order valence-electron chi connectivity index (χ4n) is 4.41. The van der Waals surface area contributed by atoms with E-state index in [1.165, 1.54) is 29.1 Å². The molecule has 0 atom stereocenters. The van der Waals surface area contributed by atoms with E-state index >= 15 is 0 Å². The highest BCUT2D eigenvalue weighted by atomic mass is 35.5. The zero-order valence-corrected chi connectivity index (χ0v) is 19.5. The van der Waals surface area contributed by atoms with Crippen LogP contribution in [-0.2, 0) is 0 Å². The Morgan fingerprint density at radius 2 is 1.81 bits per heavy atom. The topological polar surface area (TPSA) is 92.4 Å². The Kier molecular flexibility index (Phi) is 5.50. The summed E-state index contributed by atoms with van der Waals surface area (Å²) in [6, 6.07) is 9.35. The lowest BCUT2D eigenvalue weighted by molar-refractivity contribution is 0.538. The van der Waals surface area contributed by atoms with Crippen molar-refractivity contribution in [3.05, 3.63) is 82.0 Å². The SMILES string of the molecule is O=c1c2cnc(Nc3cc(F)c(N4CCNCC4)c(F)c3)nc2n2ccnc2n1-c1ccccc1Cl. The summed E-state index contributed by atoms with van der Waals surface area (Å²) in [7, 11) is 0. The summed E-state index contributed by atoms with van der Waals surface area (Å²) in [5, 5.41) is 6.61. The van der Waals surface area contributed by atoms with Gasteiger partial charge in [0.2, 0.25) is 11.7 Å². The van der Waals surface area contributed by atoms with Crippen molar-refractivity contribution in [3.8, 4) is 5.69 Å². The minimum atomic E-state index is -0.681. The van der Waals surface area contributed by atoms with E-state index < -0.39 is 17.2 Å². The number of benzene rings is 2. The number of anilines is 3. The number of hydrogen-bond acceptors (Lipinski definition) is 7. The van der Waals surface area contributed by atoms with Crippen molar-refractivity contribution in [1.82, 2.24) is 29.2 Å². The lowest BCUT2D eigenvalue weighted by atomic mass is 10.2. The maximum atomic E-state index is 14.9. The van der Waals surface area contributed by atoms with E-state index in [0.717, 1.165) is 0 Å². The summed E-state index contributed by atoms with van der Waals surface area (Å²) in [6.07, 6.45) is 4.56. The highest BCUT2D eigenvalue weighted by molar-refractivity contribution is 6.32. The van der Waals surface area contributed by atoms with Crippen molar-refractivity contribution in [2.75, 3.05) is 36.4 Å². The Labute approximate surface area is 208 Å². The van der Waals surface area contributed by atoms with E-state index in [-0.39, 0.29) is 28.4 Å². The molecule has 0 aliphatic carbocycles. The van der Waals surface area contributed by atoms with Gasteiger partial charge in [0.1, 0.15) is 11.1 Å². The van der Waals surface area contributed by atoms with E-state index in [2.05, 4.69) is 25.6 Å². The van der Waals surface area contributed by atoms with Crippen LogP contribution in [0.3, 0.4) is 0 Å². The molecule has 2 aromatic carbocycles. The number of nitrogens with zero attached hydrogens (tertiary/aromatic N) is 6. The predicted molar refractivity (Wildman–Crippen MR) is 134 cm³/mol. The molecule has 0 radical (unpaired) electrons. The van der Waals surface area contributed by atoms with Gasteiger partial charge < -0.3 is 15.5 Å². The second-order valence-corrected chi connectivity index (χ2v) is 8.68. The molecule has 6 rings (SSSR count). The van der Waals surface area contributed by atoms with E-state index in [4.69, 9.17) is 11.6 Å². The van der Waals surface area contributed by atoms with Gasteiger partial charge >= 0.3 is 0 Å². The molecule has 1 saturated heterocycles. The van der Waals surface area contributed by atoms with Crippen LogP contribution in [0.25, 0.3) is 22.5 Å². The highest BCUT2D eigenvalue weighted by Crippen LogP contribution is 2.29. The van der Waals surface area contributed by atoms with E-state index in [1.807, 2.05) is 0 Å². The number of rotatable bonds is 4. The zero-order valence-electron chi connectivity index (χ0n) is 18.8. The number of nitrogens with one attached hydrogen (secondary N) is 2. The normalized spacial score (nSPS) is 14.0. The van der Waals surface area contributed by atoms with Crippen molar-refractivity contribution in [2.24, 2.45) is 0 Å². The molecule has 182 valence electrons. The maximum Gasteiger partial charge on any atom is 0.270 e. The highest BCUT2D eigenvalue weighted by Gasteiger charge is 2.21. The Balaban J connectivity index is 1.41.